The minimum Gasteiger partial charge on any atom is -0.489 e. The number of nitro groups is 2. The molecule has 11 rings (SSSR count). The van der Waals surface area contributed by atoms with Crippen LogP contribution in [0.2, 0.25) is 5.15 Å². The molecule has 0 radical (unpaired) electrons. The largest absolute Gasteiger partial charge is 0.490 e. The number of aromatic amines is 1. The van der Waals surface area contributed by atoms with Crippen LogP contribution in [-0.2, 0) is 13.2 Å². The molecule has 0 fully saturated rings. The van der Waals surface area contributed by atoms with E-state index in [-0.39, 0.29) is 57.9 Å². The number of carbonyl (C=O) groups is 1. The Balaban J connectivity index is 0.000000293. The zero-order valence-electron chi connectivity index (χ0n) is 42.7. The molecule has 11 aromatic rings. The molecule has 436 valence electrons. The summed E-state index contributed by atoms with van der Waals surface area (Å²) in [6, 6.07) is 55.2. The van der Waals surface area contributed by atoms with Gasteiger partial charge in [0.05, 0.1) is 26.8 Å². The van der Waals surface area contributed by atoms with E-state index in [1.807, 2.05) is 97.1 Å². The first-order valence-corrected chi connectivity index (χ1v) is 24.6. The molecule has 0 amide bonds. The molecule has 23 heteroatoms. The van der Waals surface area contributed by atoms with Gasteiger partial charge in [0.2, 0.25) is 11.6 Å². The summed E-state index contributed by atoms with van der Waals surface area (Å²) in [7, 11) is -1.40. The summed E-state index contributed by atoms with van der Waals surface area (Å²) in [5, 5.41) is 37.9. The lowest BCUT2D eigenvalue weighted by molar-refractivity contribution is -0.384. The van der Waals surface area contributed by atoms with Crippen molar-refractivity contribution in [3.8, 4) is 45.4 Å². The maximum absolute atomic E-state index is 10.5. The van der Waals surface area contributed by atoms with Gasteiger partial charge in [-0.1, -0.05) is 108 Å². The van der Waals surface area contributed by atoms with Crippen molar-refractivity contribution >= 4 is 64.6 Å². The lowest BCUT2D eigenvalue weighted by atomic mass is 9.82. The quantitative estimate of drug-likeness (QED) is 0.0235. The summed E-state index contributed by atoms with van der Waals surface area (Å²) < 4.78 is 11.4. The van der Waals surface area contributed by atoms with Gasteiger partial charge < -0.3 is 36.0 Å². The van der Waals surface area contributed by atoms with E-state index in [1.54, 1.807) is 85.6 Å². The van der Waals surface area contributed by atoms with Crippen molar-refractivity contribution in [1.82, 2.24) is 39.9 Å². The lowest BCUT2D eigenvalue weighted by Crippen LogP contribution is -2.29. The van der Waals surface area contributed by atoms with Gasteiger partial charge in [0.25, 0.3) is 0 Å². The normalized spacial score (nSPS) is 9.64. The lowest BCUT2D eigenvalue weighted by Gasteiger charge is -2.06. The Bertz CT molecular complexity index is 3750. The number of imidazole rings is 1. The van der Waals surface area contributed by atoms with E-state index in [0.717, 1.165) is 62.6 Å². The summed E-state index contributed by atoms with van der Waals surface area (Å²) in [6.07, 6.45) is 10.6. The average molecular weight is 1170 g/mol. The number of rotatable bonds is 13. The van der Waals surface area contributed by atoms with Crippen LogP contribution in [0.25, 0.3) is 45.1 Å². The average Bonchev–Trinajstić information content (AvgIpc) is 3.26. The highest BCUT2D eigenvalue weighted by atomic mass is 35.5. The fraction of sp³-hybridized carbons (Fsp3) is 0.0968. The zero-order chi connectivity index (χ0) is 57.3. The Morgan fingerprint density at radius 2 is 1.00 bits per heavy atom. The van der Waals surface area contributed by atoms with Crippen LogP contribution in [0, 0.1) is 20.2 Å². The number of nitrogens with zero attached hydrogens (tertiary/aromatic N) is 9. The topological polar surface area (TPSA) is 320 Å². The number of nitrogen functional groups attached to an aromatic ring is 2. The number of nitrogens with one attached hydrogen (secondary N) is 1. The third kappa shape index (κ3) is 21.2. The number of fused-ring (bicyclic) bond motifs is 1. The molecule has 0 unspecified atom stereocenters. The maximum atomic E-state index is 10.5. The predicted molar refractivity (Wildman–Crippen MR) is 336 cm³/mol. The van der Waals surface area contributed by atoms with Gasteiger partial charge in [0.15, 0.2) is 5.65 Å². The molecule has 0 bridgehead atoms. The Hall–Kier alpha value is -10.8. The van der Waals surface area contributed by atoms with Crippen LogP contribution in [0.5, 0.6) is 11.5 Å². The monoisotopic (exact) mass is 1170 g/mol. The number of benzene rings is 4. The molecule has 21 nitrogen and oxygen atoms in total. The summed E-state index contributed by atoms with van der Waals surface area (Å²) in [6.45, 7) is 1.09. The first-order chi connectivity index (χ1) is 39.3. The van der Waals surface area contributed by atoms with Crippen molar-refractivity contribution < 1.29 is 34.2 Å². The van der Waals surface area contributed by atoms with Crippen molar-refractivity contribution in [2.45, 2.75) is 42.9 Å². The number of anilines is 2. The molecule has 0 atom stereocenters. The summed E-state index contributed by atoms with van der Waals surface area (Å²) in [5.41, 5.74) is 19.3. The van der Waals surface area contributed by atoms with Crippen molar-refractivity contribution in [1.29, 1.82) is 0 Å². The van der Waals surface area contributed by atoms with Gasteiger partial charge in [-0.25, -0.2) is 19.9 Å². The van der Waals surface area contributed by atoms with E-state index in [9.17, 15) is 25.0 Å². The molecule has 7 heterocycles. The number of hydrogen-bond acceptors (Lipinski definition) is 18. The molecular formula is C62H64BClN12O9. The molecule has 0 saturated heterocycles. The third-order valence-electron chi connectivity index (χ3n) is 11.0. The number of aromatic nitrogens is 8. The predicted octanol–water partition coefficient (Wildman–Crippen LogP) is 12.5. The van der Waals surface area contributed by atoms with Crippen LogP contribution >= 0.6 is 11.6 Å². The smallest absolute Gasteiger partial charge is 0.489 e. The molecule has 0 spiro atoms. The van der Waals surface area contributed by atoms with E-state index in [2.05, 4.69) is 52.0 Å². The minimum atomic E-state index is -1.40. The summed E-state index contributed by atoms with van der Waals surface area (Å²) in [5.74, 6) is 2.12. The number of carbonyl (C=O) groups excluding carboxylic acids is 1. The van der Waals surface area contributed by atoms with Crippen molar-refractivity contribution in [2.24, 2.45) is 0 Å². The van der Waals surface area contributed by atoms with Crippen LogP contribution in [0.3, 0.4) is 0 Å². The Labute approximate surface area is 497 Å². The van der Waals surface area contributed by atoms with Gasteiger partial charge in [-0.2, -0.15) is 0 Å². The molecule has 0 aliphatic carbocycles. The van der Waals surface area contributed by atoms with Gasteiger partial charge in [-0.05, 0) is 114 Å². The van der Waals surface area contributed by atoms with E-state index in [1.165, 1.54) is 24.4 Å². The maximum Gasteiger partial charge on any atom is 0.490 e. The molecule has 7 aromatic heterocycles. The molecular weight excluding hydrogens is 1100 g/mol. The Morgan fingerprint density at radius 3 is 1.44 bits per heavy atom. The number of H-pyrrole nitrogens is 1. The van der Waals surface area contributed by atoms with E-state index in [0.29, 0.717) is 35.6 Å². The second-order valence-electron chi connectivity index (χ2n) is 16.7. The van der Waals surface area contributed by atoms with Crippen molar-refractivity contribution in [3.05, 3.63) is 261 Å². The third-order valence-corrected chi connectivity index (χ3v) is 11.3. The van der Waals surface area contributed by atoms with Gasteiger partial charge in [0.1, 0.15) is 42.0 Å². The van der Waals surface area contributed by atoms with Crippen LogP contribution in [0.4, 0.5) is 23.0 Å². The summed E-state index contributed by atoms with van der Waals surface area (Å²) >= 11 is 5.41. The molecule has 85 heavy (non-hydrogen) atoms. The second-order valence-corrected chi connectivity index (χ2v) is 17.1. The fourth-order valence-corrected chi connectivity index (χ4v) is 7.11. The van der Waals surface area contributed by atoms with Gasteiger partial charge in [-0.15, -0.1) is 0 Å². The van der Waals surface area contributed by atoms with Crippen molar-refractivity contribution in [2.75, 3.05) is 11.5 Å². The number of pyridine rings is 6. The van der Waals surface area contributed by atoms with Crippen LogP contribution in [0.15, 0.2) is 219 Å². The van der Waals surface area contributed by atoms with E-state index in [4.69, 9.17) is 42.6 Å². The standard InChI is InChI=1S/C24H18N4O.C14H12O2.C10H8N4O2.C5H6BNO2.C5H4ClN3O2.4CH4/c1-2-5-17(6-3-1)16-29-20-10-8-18(9-11-20)23-27-22-13-12-21(26-24(22)28-23)19-7-4-14-25-15-19;15-10-12-6-8-14(9-7-12)16-11-13-4-2-1-3-5-13;11-10-9(14(15)16)4-3-8(13-10)7-2-1-5-12-6-7;8-6(9)5-2-1-3-7-4-5;6-4-2-1-3(9(10)11)5(7)8-4;;;;/h1-15H,16H2,(H,26,27,28);1-10H,11H2;1-6H,(H2,11,13);1-4,8-9H;1-2H,(H2,7,8);4*1H4. The SMILES string of the molecule is C.C.C.C.Nc1nc(-c2cccnc2)ccc1[N+](=O)[O-].Nc1nc(Cl)ccc1[N+](=O)[O-].O=Cc1ccc(OCc2ccccc2)cc1.OB(O)c1cccnc1.c1ccc(COc2ccc(-c3nc4nc(-c5cccnc5)ccc4[nH]3)cc2)cc1. The number of ether oxygens (including phenoxy) is 2. The first-order valence-electron chi connectivity index (χ1n) is 24.2. The highest BCUT2D eigenvalue weighted by Gasteiger charge is 2.15. The number of hydrogen-bond donors (Lipinski definition) is 5. The molecule has 0 aliphatic rings. The second kappa shape index (κ2) is 35.1. The highest BCUT2D eigenvalue weighted by Crippen LogP contribution is 2.27. The van der Waals surface area contributed by atoms with Crippen LogP contribution in [0.1, 0.15) is 51.2 Å². The molecule has 0 aliphatic heterocycles. The fourth-order valence-electron chi connectivity index (χ4n) is 6.96. The van der Waals surface area contributed by atoms with E-state index >= 15 is 0 Å². The molecule has 4 aromatic carbocycles. The summed E-state index contributed by atoms with van der Waals surface area (Å²) in [4.78, 5) is 61.9. The molecule has 0 saturated carbocycles. The Kier molecular flexibility index (Phi) is 28.3. The number of halogens is 1. The molecule has 7 N–H and O–H groups in total. The van der Waals surface area contributed by atoms with Gasteiger partial charge in [0, 0.05) is 77.0 Å². The van der Waals surface area contributed by atoms with Crippen LogP contribution in [-0.4, -0.2) is 73.2 Å². The highest BCUT2D eigenvalue weighted by molar-refractivity contribution is 6.58. The number of aldehydes is 1. The Morgan fingerprint density at radius 1 is 0.529 bits per heavy atom. The van der Waals surface area contributed by atoms with Crippen molar-refractivity contribution in [3.63, 3.8) is 0 Å². The first kappa shape index (κ1) is 68.5. The van der Waals surface area contributed by atoms with E-state index < -0.39 is 17.0 Å². The number of nitrogens with two attached hydrogens (primary N) is 2. The van der Waals surface area contributed by atoms with Gasteiger partial charge >= 0.3 is 18.5 Å². The van der Waals surface area contributed by atoms with Gasteiger partial charge in [-0.3, -0.25) is 40.0 Å². The zero-order valence-corrected chi connectivity index (χ0v) is 43.4. The minimum absolute atomic E-state index is 0. The van der Waals surface area contributed by atoms with Crippen LogP contribution < -0.4 is 26.4 Å².